The summed E-state index contributed by atoms with van der Waals surface area (Å²) in [5.74, 6) is 1.45. The van der Waals surface area contributed by atoms with Crippen molar-refractivity contribution in [3.05, 3.63) is 22.7 Å². The summed E-state index contributed by atoms with van der Waals surface area (Å²) >= 11 is 1.64. The monoisotopic (exact) mass is 235 g/mol. The Labute approximate surface area is 97.7 Å². The van der Waals surface area contributed by atoms with E-state index in [0.29, 0.717) is 5.82 Å². The molecule has 0 radical (unpaired) electrons. The van der Waals surface area contributed by atoms with Crippen molar-refractivity contribution in [3.8, 4) is 11.4 Å². The zero-order chi connectivity index (χ0) is 11.0. The van der Waals surface area contributed by atoms with Gasteiger partial charge in [0.05, 0.1) is 5.41 Å². The first kappa shape index (κ1) is 9.99. The Hall–Kier alpha value is -1.20. The topological polar surface area (TPSA) is 51.0 Å². The third kappa shape index (κ3) is 1.56. The Morgan fingerprint density at radius 1 is 1.56 bits per heavy atom. The Morgan fingerprint density at radius 2 is 2.50 bits per heavy atom. The Kier molecular flexibility index (Phi) is 2.29. The lowest BCUT2D eigenvalue weighted by Crippen LogP contribution is -2.25. The molecule has 1 aliphatic rings. The molecule has 1 saturated heterocycles. The SMILES string of the molecule is CC1(c2nc(-c3ccsc3)no2)CCNC1. The molecule has 16 heavy (non-hydrogen) atoms. The van der Waals surface area contributed by atoms with Crippen LogP contribution in [0.25, 0.3) is 11.4 Å². The molecule has 0 aliphatic carbocycles. The van der Waals surface area contributed by atoms with E-state index in [1.807, 2.05) is 16.8 Å². The van der Waals surface area contributed by atoms with Crippen molar-refractivity contribution in [1.29, 1.82) is 0 Å². The number of nitrogens with zero attached hydrogens (tertiary/aromatic N) is 2. The van der Waals surface area contributed by atoms with E-state index in [9.17, 15) is 0 Å². The van der Waals surface area contributed by atoms with Gasteiger partial charge in [0.2, 0.25) is 11.7 Å². The van der Waals surface area contributed by atoms with Crippen molar-refractivity contribution in [2.45, 2.75) is 18.8 Å². The molecule has 0 aromatic carbocycles. The summed E-state index contributed by atoms with van der Waals surface area (Å²) in [7, 11) is 0. The fourth-order valence-electron chi connectivity index (χ4n) is 1.98. The van der Waals surface area contributed by atoms with Crippen LogP contribution in [0, 0.1) is 0 Å². The highest BCUT2D eigenvalue weighted by atomic mass is 32.1. The van der Waals surface area contributed by atoms with Gasteiger partial charge in [-0.3, -0.25) is 0 Å². The average molecular weight is 235 g/mol. The molecule has 84 valence electrons. The molecule has 3 heterocycles. The maximum atomic E-state index is 5.38. The molecule has 2 aromatic rings. The second-order valence-corrected chi connectivity index (χ2v) is 5.20. The maximum Gasteiger partial charge on any atom is 0.234 e. The molecule has 5 heteroatoms. The summed E-state index contributed by atoms with van der Waals surface area (Å²) in [5, 5.41) is 11.4. The van der Waals surface area contributed by atoms with Crippen molar-refractivity contribution in [3.63, 3.8) is 0 Å². The standard InChI is InChI=1S/C11H13N3OS/c1-11(3-4-12-7-11)10-13-9(14-15-10)8-2-5-16-6-8/h2,5-6,12H,3-4,7H2,1H3. The third-order valence-electron chi connectivity index (χ3n) is 3.09. The largest absolute Gasteiger partial charge is 0.338 e. The van der Waals surface area contributed by atoms with E-state index in [-0.39, 0.29) is 5.41 Å². The summed E-state index contributed by atoms with van der Waals surface area (Å²) in [4.78, 5) is 4.50. The molecule has 1 atom stereocenters. The van der Waals surface area contributed by atoms with Gasteiger partial charge >= 0.3 is 0 Å². The summed E-state index contributed by atoms with van der Waals surface area (Å²) in [6.45, 7) is 4.10. The molecule has 1 aliphatic heterocycles. The van der Waals surface area contributed by atoms with E-state index in [0.717, 1.165) is 31.0 Å². The van der Waals surface area contributed by atoms with Crippen LogP contribution in [-0.2, 0) is 5.41 Å². The summed E-state index contributed by atoms with van der Waals surface area (Å²) in [6.07, 6.45) is 1.05. The van der Waals surface area contributed by atoms with Gasteiger partial charge in [-0.25, -0.2) is 0 Å². The number of thiophene rings is 1. The molecule has 3 rings (SSSR count). The quantitative estimate of drug-likeness (QED) is 0.865. The molecule has 0 bridgehead atoms. The zero-order valence-electron chi connectivity index (χ0n) is 9.06. The van der Waals surface area contributed by atoms with Gasteiger partial charge in [-0.15, -0.1) is 0 Å². The van der Waals surface area contributed by atoms with Crippen molar-refractivity contribution < 1.29 is 4.52 Å². The van der Waals surface area contributed by atoms with Crippen LogP contribution in [0.15, 0.2) is 21.3 Å². The molecule has 0 saturated carbocycles. The van der Waals surface area contributed by atoms with Gasteiger partial charge in [0.25, 0.3) is 0 Å². The number of nitrogens with one attached hydrogen (secondary N) is 1. The van der Waals surface area contributed by atoms with E-state index < -0.39 is 0 Å². The lowest BCUT2D eigenvalue weighted by molar-refractivity contribution is 0.306. The van der Waals surface area contributed by atoms with Crippen LogP contribution in [-0.4, -0.2) is 23.2 Å². The fraction of sp³-hybridized carbons (Fsp3) is 0.455. The molecule has 2 aromatic heterocycles. The third-order valence-corrected chi connectivity index (χ3v) is 3.77. The highest BCUT2D eigenvalue weighted by Gasteiger charge is 2.36. The van der Waals surface area contributed by atoms with Crippen LogP contribution < -0.4 is 5.32 Å². The van der Waals surface area contributed by atoms with E-state index >= 15 is 0 Å². The number of aromatic nitrogens is 2. The van der Waals surface area contributed by atoms with Gasteiger partial charge < -0.3 is 9.84 Å². The van der Waals surface area contributed by atoms with E-state index in [4.69, 9.17) is 4.52 Å². The molecule has 0 amide bonds. The second kappa shape index (κ2) is 3.68. The van der Waals surface area contributed by atoms with Crippen molar-refractivity contribution in [2.24, 2.45) is 0 Å². The van der Waals surface area contributed by atoms with Crippen LogP contribution in [0.2, 0.25) is 0 Å². The first-order valence-corrected chi connectivity index (χ1v) is 6.30. The highest BCUT2D eigenvalue weighted by molar-refractivity contribution is 7.08. The summed E-state index contributed by atoms with van der Waals surface area (Å²) < 4.78 is 5.38. The maximum absolute atomic E-state index is 5.38. The predicted molar refractivity (Wildman–Crippen MR) is 62.4 cm³/mol. The molecular weight excluding hydrogens is 222 g/mol. The van der Waals surface area contributed by atoms with E-state index in [1.54, 1.807) is 11.3 Å². The minimum atomic E-state index is 0.00126. The van der Waals surface area contributed by atoms with Crippen LogP contribution in [0.3, 0.4) is 0 Å². The van der Waals surface area contributed by atoms with Crippen molar-refractivity contribution in [2.75, 3.05) is 13.1 Å². The molecule has 4 nitrogen and oxygen atoms in total. The molecule has 1 N–H and O–H groups in total. The number of hydrogen-bond acceptors (Lipinski definition) is 5. The van der Waals surface area contributed by atoms with Gasteiger partial charge in [0, 0.05) is 17.5 Å². The molecular formula is C11H13N3OS. The normalized spacial score (nSPS) is 25.1. The first-order chi connectivity index (χ1) is 7.78. The van der Waals surface area contributed by atoms with Gasteiger partial charge in [-0.1, -0.05) is 5.16 Å². The van der Waals surface area contributed by atoms with E-state index in [1.165, 1.54) is 0 Å². The van der Waals surface area contributed by atoms with Gasteiger partial charge in [0.1, 0.15) is 0 Å². The van der Waals surface area contributed by atoms with Crippen molar-refractivity contribution >= 4 is 11.3 Å². The predicted octanol–water partition coefficient (Wildman–Crippen LogP) is 2.05. The van der Waals surface area contributed by atoms with Gasteiger partial charge in [0.15, 0.2) is 0 Å². The highest BCUT2D eigenvalue weighted by Crippen LogP contribution is 2.30. The minimum Gasteiger partial charge on any atom is -0.338 e. The summed E-state index contributed by atoms with van der Waals surface area (Å²) in [6, 6.07) is 2.01. The van der Waals surface area contributed by atoms with Crippen LogP contribution in [0.5, 0.6) is 0 Å². The number of rotatable bonds is 2. The Morgan fingerprint density at radius 3 is 3.19 bits per heavy atom. The van der Waals surface area contributed by atoms with Crippen LogP contribution in [0.4, 0.5) is 0 Å². The van der Waals surface area contributed by atoms with E-state index in [2.05, 4.69) is 22.4 Å². The fourth-order valence-corrected chi connectivity index (χ4v) is 2.61. The molecule has 1 fully saturated rings. The lowest BCUT2D eigenvalue weighted by atomic mass is 9.90. The van der Waals surface area contributed by atoms with Gasteiger partial charge in [-0.2, -0.15) is 16.3 Å². The number of hydrogen-bond donors (Lipinski definition) is 1. The Bertz CT molecular complexity index is 471. The average Bonchev–Trinajstić information content (AvgIpc) is 2.98. The molecule has 1 unspecified atom stereocenters. The first-order valence-electron chi connectivity index (χ1n) is 5.35. The second-order valence-electron chi connectivity index (χ2n) is 4.42. The lowest BCUT2D eigenvalue weighted by Gasteiger charge is -2.15. The van der Waals surface area contributed by atoms with Crippen LogP contribution >= 0.6 is 11.3 Å². The smallest absolute Gasteiger partial charge is 0.234 e. The minimum absolute atomic E-state index is 0.00126. The van der Waals surface area contributed by atoms with Crippen LogP contribution in [0.1, 0.15) is 19.2 Å². The Balaban J connectivity index is 1.93. The zero-order valence-corrected chi connectivity index (χ0v) is 9.88. The molecule has 0 spiro atoms. The van der Waals surface area contributed by atoms with Gasteiger partial charge in [-0.05, 0) is 31.3 Å². The van der Waals surface area contributed by atoms with Crippen molar-refractivity contribution in [1.82, 2.24) is 15.5 Å². The summed E-state index contributed by atoms with van der Waals surface area (Å²) in [5.41, 5.74) is 1.04.